The van der Waals surface area contributed by atoms with Gasteiger partial charge in [-0.25, -0.2) is 4.85 Å². The van der Waals surface area contributed by atoms with Crippen LogP contribution in [0.3, 0.4) is 0 Å². The van der Waals surface area contributed by atoms with Gasteiger partial charge in [0.1, 0.15) is 0 Å². The van der Waals surface area contributed by atoms with Gasteiger partial charge in [0, 0.05) is 24.0 Å². The van der Waals surface area contributed by atoms with Crippen molar-refractivity contribution in [3.05, 3.63) is 89.3 Å². The van der Waals surface area contributed by atoms with Gasteiger partial charge in [0.15, 0.2) is 11.3 Å². The average molecular weight is 425 g/mol. The quantitative estimate of drug-likeness (QED) is 0.551. The van der Waals surface area contributed by atoms with E-state index in [-0.39, 0.29) is 6.54 Å². The second-order valence-electron chi connectivity index (χ2n) is 7.91. The van der Waals surface area contributed by atoms with Gasteiger partial charge in [-0.05, 0) is 55.3 Å². The van der Waals surface area contributed by atoms with Crippen LogP contribution in [0.1, 0.15) is 18.1 Å². The lowest BCUT2D eigenvalue weighted by Gasteiger charge is -2.31. The van der Waals surface area contributed by atoms with Crippen LogP contribution in [-0.4, -0.2) is 30.2 Å². The third kappa shape index (κ3) is 4.95. The van der Waals surface area contributed by atoms with Crippen molar-refractivity contribution in [2.24, 2.45) is 0 Å². The van der Waals surface area contributed by atoms with Crippen LogP contribution in [0.4, 0.5) is 17.1 Å². The highest BCUT2D eigenvalue weighted by Crippen LogP contribution is 2.32. The van der Waals surface area contributed by atoms with Crippen LogP contribution in [0.5, 0.6) is 0 Å². The van der Waals surface area contributed by atoms with Crippen LogP contribution in [0.25, 0.3) is 16.0 Å². The third-order valence-corrected chi connectivity index (χ3v) is 5.23. The Kier molecular flexibility index (Phi) is 6.59. The number of nitriles is 1. The maximum absolute atomic E-state index is 12.8. The summed E-state index contributed by atoms with van der Waals surface area (Å²) in [7, 11) is 1.80. The Morgan fingerprint density at radius 1 is 1.19 bits per heavy atom. The Bertz CT molecular complexity index is 1220. The van der Waals surface area contributed by atoms with Gasteiger partial charge in [0.2, 0.25) is 0 Å². The van der Waals surface area contributed by atoms with Gasteiger partial charge in [-0.15, -0.1) is 0 Å². The molecule has 0 saturated carbocycles. The molecule has 0 radical (unpaired) electrons. The molecule has 0 aliphatic heterocycles. The van der Waals surface area contributed by atoms with E-state index in [1.54, 1.807) is 49.2 Å². The van der Waals surface area contributed by atoms with Crippen molar-refractivity contribution in [3.8, 4) is 17.2 Å². The summed E-state index contributed by atoms with van der Waals surface area (Å²) in [4.78, 5) is 18.1. The number of hydrogen-bond acceptors (Lipinski definition) is 4. The first kappa shape index (κ1) is 22.6. The summed E-state index contributed by atoms with van der Waals surface area (Å²) < 4.78 is 0. The first-order valence-corrected chi connectivity index (χ1v) is 10.1. The maximum atomic E-state index is 12.8. The van der Waals surface area contributed by atoms with E-state index < -0.39 is 11.5 Å². The molecule has 2 N–H and O–H groups in total. The second kappa shape index (κ2) is 9.34. The molecule has 0 aliphatic carbocycles. The number of amides is 1. The zero-order chi connectivity index (χ0) is 23.3. The van der Waals surface area contributed by atoms with Crippen LogP contribution < -0.4 is 10.2 Å². The minimum atomic E-state index is -1.69. The number of aliphatic hydroxyl groups is 1. The van der Waals surface area contributed by atoms with Crippen LogP contribution in [-0.2, 0) is 4.79 Å². The smallest absolute Gasteiger partial charge is 0.257 e. The Labute approximate surface area is 188 Å². The highest BCUT2D eigenvalue weighted by Gasteiger charge is 2.32. The zero-order valence-corrected chi connectivity index (χ0v) is 18.3. The molecular weight excluding hydrogens is 400 g/mol. The second-order valence-corrected chi connectivity index (χ2v) is 7.91. The monoisotopic (exact) mass is 424 g/mol. The Morgan fingerprint density at radius 2 is 1.91 bits per heavy atom. The molecule has 1 amide bonds. The van der Waals surface area contributed by atoms with Gasteiger partial charge in [0.05, 0.1) is 24.7 Å². The van der Waals surface area contributed by atoms with Gasteiger partial charge >= 0.3 is 0 Å². The summed E-state index contributed by atoms with van der Waals surface area (Å²) in [6.45, 7) is 10.4. The number of rotatable bonds is 6. The highest BCUT2D eigenvalue weighted by molar-refractivity contribution is 5.97. The molecule has 0 heterocycles. The van der Waals surface area contributed by atoms with Crippen LogP contribution in [0, 0.1) is 24.8 Å². The van der Waals surface area contributed by atoms with E-state index in [1.807, 2.05) is 36.4 Å². The third-order valence-electron chi connectivity index (χ3n) is 5.23. The normalized spacial score (nSPS) is 12.2. The Hall–Kier alpha value is -4.13. The zero-order valence-electron chi connectivity index (χ0n) is 18.3. The largest absolute Gasteiger partial charge is 0.378 e. The number of hydrogen-bond donors (Lipinski definition) is 2. The fourth-order valence-electron chi connectivity index (χ4n) is 3.53. The predicted molar refractivity (Wildman–Crippen MR) is 127 cm³/mol. The molecule has 6 nitrogen and oxygen atoms in total. The molecule has 0 bridgehead atoms. The number of aryl methyl sites for hydroxylation is 1. The van der Waals surface area contributed by atoms with Crippen molar-refractivity contribution in [1.82, 2.24) is 0 Å². The van der Waals surface area contributed by atoms with Crippen LogP contribution in [0.2, 0.25) is 0 Å². The molecule has 3 aromatic rings. The van der Waals surface area contributed by atoms with E-state index in [0.717, 1.165) is 22.4 Å². The summed E-state index contributed by atoms with van der Waals surface area (Å²) in [6, 6.07) is 22.2. The molecule has 6 heteroatoms. The summed E-state index contributed by atoms with van der Waals surface area (Å²) in [5.74, 6) is -0.547. The van der Waals surface area contributed by atoms with Gasteiger partial charge in [0.25, 0.3) is 5.91 Å². The lowest BCUT2D eigenvalue weighted by Crippen LogP contribution is -2.48. The van der Waals surface area contributed by atoms with Gasteiger partial charge in [-0.2, -0.15) is 5.26 Å². The van der Waals surface area contributed by atoms with Gasteiger partial charge in [-0.3, -0.25) is 4.79 Å². The average Bonchev–Trinajstić information content (AvgIpc) is 2.79. The number of nitrogens with zero attached hydrogens (tertiary/aromatic N) is 3. The SMILES string of the molecule is [C-]#[N+]c1ccc(NC(=O)[C@@](C)(O)CN(C)c2ccc(C#N)cc2-c2ccccc2)cc1C. The van der Waals surface area contributed by atoms with E-state index in [1.165, 1.54) is 6.92 Å². The highest BCUT2D eigenvalue weighted by atomic mass is 16.3. The maximum Gasteiger partial charge on any atom is 0.257 e. The Balaban J connectivity index is 1.83. The molecule has 0 spiro atoms. The van der Waals surface area contributed by atoms with Crippen molar-refractivity contribution in [2.75, 3.05) is 23.8 Å². The molecule has 0 saturated heterocycles. The number of nitrogens with one attached hydrogen (secondary N) is 1. The summed E-state index contributed by atoms with van der Waals surface area (Å²) in [6.07, 6.45) is 0. The molecule has 0 aliphatic rings. The van der Waals surface area contributed by atoms with Crippen molar-refractivity contribution in [2.45, 2.75) is 19.4 Å². The van der Waals surface area contributed by atoms with Gasteiger partial charge < -0.3 is 15.3 Å². The summed E-state index contributed by atoms with van der Waals surface area (Å²) >= 11 is 0. The molecule has 0 fully saturated rings. The lowest BCUT2D eigenvalue weighted by molar-refractivity contribution is -0.131. The molecular formula is C26H24N4O2. The predicted octanol–water partition coefficient (Wildman–Crippen LogP) is 4.91. The lowest BCUT2D eigenvalue weighted by atomic mass is 9.99. The first-order chi connectivity index (χ1) is 15.2. The van der Waals surface area contributed by atoms with Crippen LogP contribution in [0.15, 0.2) is 66.7 Å². The Morgan fingerprint density at radius 3 is 2.53 bits per heavy atom. The van der Waals surface area contributed by atoms with E-state index in [2.05, 4.69) is 16.2 Å². The summed E-state index contributed by atoms with van der Waals surface area (Å²) in [5, 5.41) is 23.0. The van der Waals surface area contributed by atoms with Crippen LogP contribution >= 0.6 is 0 Å². The molecule has 32 heavy (non-hydrogen) atoms. The van der Waals surface area contributed by atoms with Gasteiger partial charge in [-0.1, -0.05) is 36.4 Å². The van der Waals surface area contributed by atoms with Crippen molar-refractivity contribution in [1.29, 1.82) is 5.26 Å². The number of carbonyl (C=O) groups is 1. The van der Waals surface area contributed by atoms with E-state index in [9.17, 15) is 15.2 Å². The fourth-order valence-corrected chi connectivity index (χ4v) is 3.53. The summed E-state index contributed by atoms with van der Waals surface area (Å²) in [5.41, 5.74) is 3.20. The standard InChI is InChI=1S/C26H24N4O2/c1-18-14-21(11-12-23(18)28-3)29-25(31)26(2,32)17-30(4)24-13-10-19(16-27)15-22(24)20-8-6-5-7-9-20/h5-15,32H,17H2,1-2,4H3,(H,29,31)/t26-/m0/s1. The van der Waals surface area contributed by atoms with Crippen molar-refractivity contribution < 1.29 is 9.90 Å². The minimum absolute atomic E-state index is 0.0314. The fraction of sp³-hybridized carbons (Fsp3) is 0.192. The van der Waals surface area contributed by atoms with E-state index in [0.29, 0.717) is 16.9 Å². The number of benzene rings is 3. The molecule has 3 rings (SSSR count). The van der Waals surface area contributed by atoms with E-state index >= 15 is 0 Å². The van der Waals surface area contributed by atoms with Crippen molar-refractivity contribution in [3.63, 3.8) is 0 Å². The molecule has 1 atom stereocenters. The van der Waals surface area contributed by atoms with Crippen molar-refractivity contribution >= 4 is 23.0 Å². The minimum Gasteiger partial charge on any atom is -0.378 e. The molecule has 0 aromatic heterocycles. The molecule has 3 aromatic carbocycles. The molecule has 0 unspecified atom stereocenters. The number of likely N-dealkylation sites (N-methyl/N-ethyl adjacent to an activating group) is 1. The topological polar surface area (TPSA) is 80.7 Å². The first-order valence-electron chi connectivity index (χ1n) is 10.1. The number of anilines is 2. The van der Waals surface area contributed by atoms with E-state index in [4.69, 9.17) is 6.57 Å². The molecule has 160 valence electrons. The number of carbonyl (C=O) groups excluding carboxylic acids is 1.